The van der Waals surface area contributed by atoms with Crippen LogP contribution in [0.2, 0.25) is 0 Å². The van der Waals surface area contributed by atoms with E-state index in [-0.39, 0.29) is 24.3 Å². The van der Waals surface area contributed by atoms with Crippen LogP contribution >= 0.6 is 0 Å². The molecule has 1 atom stereocenters. The van der Waals surface area contributed by atoms with E-state index in [1.807, 2.05) is 35.0 Å². The quantitative estimate of drug-likeness (QED) is 0.792. The number of para-hydroxylation sites is 1. The Balaban J connectivity index is 1.62. The van der Waals surface area contributed by atoms with E-state index in [0.717, 1.165) is 11.1 Å². The minimum Gasteiger partial charge on any atom is -0.451 e. The average Bonchev–Trinajstić information content (AvgIpc) is 3.27. The maximum Gasteiger partial charge on any atom is 0.290 e. The molecular weight excluding hydrogens is 320 g/mol. The number of hydrogen-bond acceptors (Lipinski definition) is 4. The number of nitrogens with one attached hydrogen (secondary N) is 1. The first-order chi connectivity index (χ1) is 12.2. The number of amides is 2. The molecule has 128 valence electrons. The van der Waals surface area contributed by atoms with Crippen molar-refractivity contribution in [3.8, 4) is 0 Å². The van der Waals surface area contributed by atoms with Gasteiger partial charge in [0.2, 0.25) is 5.91 Å². The van der Waals surface area contributed by atoms with Gasteiger partial charge in [0.1, 0.15) is 5.58 Å². The van der Waals surface area contributed by atoms with Crippen LogP contribution in [0.5, 0.6) is 0 Å². The summed E-state index contributed by atoms with van der Waals surface area (Å²) in [4.78, 5) is 26.4. The lowest BCUT2D eigenvalue weighted by molar-refractivity contribution is -0.121. The molecule has 7 heteroatoms. The fourth-order valence-corrected chi connectivity index (χ4v) is 3.25. The van der Waals surface area contributed by atoms with Crippen molar-refractivity contribution in [1.29, 1.82) is 0 Å². The SMILES string of the molecule is CNC(=O)CC1CN(C(=O)c2cc3ccccc3o2)Cc2ccnn21. The van der Waals surface area contributed by atoms with Crippen LogP contribution in [-0.4, -0.2) is 40.1 Å². The molecule has 1 aliphatic rings. The fraction of sp³-hybridized carbons (Fsp3) is 0.278. The number of rotatable bonds is 3. The summed E-state index contributed by atoms with van der Waals surface area (Å²) in [5.74, 6) is 0.0582. The normalized spacial score (nSPS) is 16.7. The lowest BCUT2D eigenvalue weighted by Gasteiger charge is -2.33. The fourth-order valence-electron chi connectivity index (χ4n) is 3.25. The third-order valence-electron chi connectivity index (χ3n) is 4.51. The summed E-state index contributed by atoms with van der Waals surface area (Å²) in [5.41, 5.74) is 1.60. The summed E-state index contributed by atoms with van der Waals surface area (Å²) in [6.07, 6.45) is 1.97. The number of hydrogen-bond donors (Lipinski definition) is 1. The topological polar surface area (TPSA) is 80.4 Å². The molecule has 1 aromatic carbocycles. The second kappa shape index (κ2) is 6.08. The van der Waals surface area contributed by atoms with E-state index in [0.29, 0.717) is 24.4 Å². The van der Waals surface area contributed by atoms with Gasteiger partial charge in [0, 0.05) is 25.2 Å². The second-order valence-corrected chi connectivity index (χ2v) is 6.13. The minimum atomic E-state index is -0.188. The van der Waals surface area contributed by atoms with E-state index >= 15 is 0 Å². The molecule has 0 saturated carbocycles. The van der Waals surface area contributed by atoms with Gasteiger partial charge in [-0.1, -0.05) is 18.2 Å². The van der Waals surface area contributed by atoms with Crippen molar-refractivity contribution < 1.29 is 14.0 Å². The van der Waals surface area contributed by atoms with E-state index in [2.05, 4.69) is 10.4 Å². The van der Waals surface area contributed by atoms with Crippen molar-refractivity contribution in [2.45, 2.75) is 19.0 Å². The Morgan fingerprint density at radius 2 is 2.16 bits per heavy atom. The molecule has 0 bridgehead atoms. The zero-order valence-corrected chi connectivity index (χ0v) is 13.8. The van der Waals surface area contributed by atoms with Crippen LogP contribution < -0.4 is 5.32 Å². The van der Waals surface area contributed by atoms with Gasteiger partial charge in [-0.25, -0.2) is 0 Å². The van der Waals surface area contributed by atoms with E-state index in [1.165, 1.54) is 0 Å². The van der Waals surface area contributed by atoms with Gasteiger partial charge in [0.25, 0.3) is 5.91 Å². The summed E-state index contributed by atoms with van der Waals surface area (Å²) in [7, 11) is 1.60. The lowest BCUT2D eigenvalue weighted by Crippen LogP contribution is -2.42. The minimum absolute atomic E-state index is 0.0792. The number of carbonyl (C=O) groups excluding carboxylic acids is 2. The molecule has 0 saturated heterocycles. The molecule has 0 spiro atoms. The Morgan fingerprint density at radius 1 is 1.32 bits per heavy atom. The predicted molar refractivity (Wildman–Crippen MR) is 90.9 cm³/mol. The molecule has 0 radical (unpaired) electrons. The zero-order valence-electron chi connectivity index (χ0n) is 13.8. The van der Waals surface area contributed by atoms with Gasteiger partial charge < -0.3 is 14.6 Å². The van der Waals surface area contributed by atoms with Crippen LogP contribution in [-0.2, 0) is 11.3 Å². The summed E-state index contributed by atoms with van der Waals surface area (Å²) < 4.78 is 7.53. The lowest BCUT2D eigenvalue weighted by atomic mass is 10.1. The molecule has 0 aliphatic carbocycles. The Kier molecular flexibility index (Phi) is 3.76. The number of benzene rings is 1. The number of nitrogens with zero attached hydrogens (tertiary/aromatic N) is 3. The van der Waals surface area contributed by atoms with Crippen LogP contribution in [0.3, 0.4) is 0 Å². The summed E-state index contributed by atoms with van der Waals surface area (Å²) >= 11 is 0. The van der Waals surface area contributed by atoms with Crippen molar-refractivity contribution in [1.82, 2.24) is 20.0 Å². The molecule has 1 unspecified atom stereocenters. The zero-order chi connectivity index (χ0) is 17.4. The van der Waals surface area contributed by atoms with Gasteiger partial charge in [0.05, 0.1) is 24.7 Å². The molecule has 1 N–H and O–H groups in total. The summed E-state index contributed by atoms with van der Waals surface area (Å²) in [6, 6.07) is 11.0. The molecule has 3 heterocycles. The molecule has 2 aromatic heterocycles. The van der Waals surface area contributed by atoms with Gasteiger partial charge in [-0.05, 0) is 18.2 Å². The second-order valence-electron chi connectivity index (χ2n) is 6.13. The van der Waals surface area contributed by atoms with Crippen molar-refractivity contribution in [3.05, 3.63) is 54.0 Å². The smallest absolute Gasteiger partial charge is 0.290 e. The van der Waals surface area contributed by atoms with Crippen molar-refractivity contribution in [3.63, 3.8) is 0 Å². The average molecular weight is 338 g/mol. The number of furan rings is 1. The van der Waals surface area contributed by atoms with Crippen LogP contribution in [0.4, 0.5) is 0 Å². The largest absolute Gasteiger partial charge is 0.451 e. The van der Waals surface area contributed by atoms with Gasteiger partial charge in [-0.2, -0.15) is 5.10 Å². The molecule has 4 rings (SSSR count). The third kappa shape index (κ3) is 2.77. The van der Waals surface area contributed by atoms with Crippen molar-refractivity contribution in [2.75, 3.05) is 13.6 Å². The Morgan fingerprint density at radius 3 is 2.96 bits per heavy atom. The Bertz CT molecular complexity index is 910. The van der Waals surface area contributed by atoms with Crippen LogP contribution in [0.1, 0.15) is 28.7 Å². The number of carbonyl (C=O) groups is 2. The van der Waals surface area contributed by atoms with Crippen molar-refractivity contribution in [2.24, 2.45) is 0 Å². The van der Waals surface area contributed by atoms with Gasteiger partial charge in [-0.3, -0.25) is 14.3 Å². The molecular formula is C18H18N4O3. The van der Waals surface area contributed by atoms with Crippen LogP contribution in [0.15, 0.2) is 47.0 Å². The molecule has 2 amide bonds. The molecule has 3 aromatic rings. The first-order valence-corrected chi connectivity index (χ1v) is 8.16. The highest BCUT2D eigenvalue weighted by Crippen LogP contribution is 2.26. The number of aromatic nitrogens is 2. The van der Waals surface area contributed by atoms with E-state index in [4.69, 9.17) is 4.42 Å². The van der Waals surface area contributed by atoms with Crippen molar-refractivity contribution >= 4 is 22.8 Å². The highest BCUT2D eigenvalue weighted by atomic mass is 16.3. The van der Waals surface area contributed by atoms with Crippen LogP contribution in [0, 0.1) is 0 Å². The molecule has 25 heavy (non-hydrogen) atoms. The highest BCUT2D eigenvalue weighted by Gasteiger charge is 2.31. The monoisotopic (exact) mass is 338 g/mol. The van der Waals surface area contributed by atoms with E-state index < -0.39 is 0 Å². The predicted octanol–water partition coefficient (Wildman–Crippen LogP) is 1.96. The van der Waals surface area contributed by atoms with Gasteiger partial charge in [-0.15, -0.1) is 0 Å². The number of fused-ring (bicyclic) bond motifs is 2. The summed E-state index contributed by atoms with van der Waals surface area (Å²) in [5, 5.41) is 7.83. The first-order valence-electron chi connectivity index (χ1n) is 8.16. The van der Waals surface area contributed by atoms with E-state index in [1.54, 1.807) is 24.2 Å². The molecule has 1 aliphatic heterocycles. The van der Waals surface area contributed by atoms with E-state index in [9.17, 15) is 9.59 Å². The maximum absolute atomic E-state index is 12.9. The summed E-state index contributed by atoms with van der Waals surface area (Å²) in [6.45, 7) is 0.859. The maximum atomic E-state index is 12.9. The van der Waals surface area contributed by atoms with Crippen LogP contribution in [0.25, 0.3) is 11.0 Å². The highest BCUT2D eigenvalue weighted by molar-refractivity contribution is 5.96. The standard InChI is InChI=1S/C18H18N4O3/c1-19-17(23)9-14-11-21(10-13-6-7-20-22(13)14)18(24)16-8-12-4-2-3-5-15(12)25-16/h2-8,14H,9-11H2,1H3,(H,19,23). The van der Waals surface area contributed by atoms with Gasteiger partial charge in [0.15, 0.2) is 5.76 Å². The molecule has 7 nitrogen and oxygen atoms in total. The first kappa shape index (κ1) is 15.4. The molecule has 0 fully saturated rings. The van der Waals surface area contributed by atoms with Gasteiger partial charge >= 0.3 is 0 Å². The Labute approximate surface area is 144 Å². The Hall–Kier alpha value is -3.09. The third-order valence-corrected chi connectivity index (χ3v) is 4.51.